The molecule has 0 bridgehead atoms. The van der Waals surface area contributed by atoms with Crippen LogP contribution in [0.5, 0.6) is 0 Å². The molecule has 12 heavy (non-hydrogen) atoms. The van der Waals surface area contributed by atoms with Gasteiger partial charge in [0.15, 0.2) is 0 Å². The number of fused-ring (bicyclic) bond motifs is 1. The summed E-state index contributed by atoms with van der Waals surface area (Å²) >= 11 is 5.50. The molecule has 0 aromatic carbocycles. The number of amides is 1. The lowest BCUT2D eigenvalue weighted by atomic mass is 10.0. The van der Waals surface area contributed by atoms with Gasteiger partial charge in [0.25, 0.3) is 0 Å². The Kier molecular flexibility index (Phi) is 2.26. The zero-order chi connectivity index (χ0) is 8.55. The van der Waals surface area contributed by atoms with Crippen LogP contribution in [0, 0.1) is 11.8 Å². The molecule has 2 aliphatic rings. The van der Waals surface area contributed by atoms with Crippen LogP contribution in [0.1, 0.15) is 19.3 Å². The second kappa shape index (κ2) is 3.25. The van der Waals surface area contributed by atoms with Crippen molar-refractivity contribution in [1.29, 1.82) is 0 Å². The largest absolute Gasteiger partial charge is 0.341 e. The molecule has 0 N–H and O–H groups in total. The van der Waals surface area contributed by atoms with E-state index in [-0.39, 0.29) is 11.8 Å². The third-order valence-corrected chi connectivity index (χ3v) is 3.42. The zero-order valence-corrected chi connectivity index (χ0v) is 7.89. The van der Waals surface area contributed by atoms with E-state index in [1.165, 1.54) is 19.3 Å². The maximum Gasteiger partial charge on any atom is 0.237 e. The molecule has 1 saturated carbocycles. The van der Waals surface area contributed by atoms with Crippen LogP contribution in [-0.4, -0.2) is 29.8 Å². The Balaban J connectivity index is 1.94. The van der Waals surface area contributed by atoms with Crippen molar-refractivity contribution in [2.45, 2.75) is 19.3 Å². The maximum atomic E-state index is 11.2. The van der Waals surface area contributed by atoms with Gasteiger partial charge >= 0.3 is 0 Å². The molecular weight excluding hydrogens is 174 g/mol. The lowest BCUT2D eigenvalue weighted by molar-refractivity contribution is -0.127. The minimum Gasteiger partial charge on any atom is -0.341 e. The number of likely N-dealkylation sites (tertiary alicyclic amines) is 1. The summed E-state index contributed by atoms with van der Waals surface area (Å²) in [4.78, 5) is 13.2. The number of halogens is 1. The van der Waals surface area contributed by atoms with E-state index in [1.807, 2.05) is 4.90 Å². The number of rotatable bonds is 1. The van der Waals surface area contributed by atoms with E-state index in [4.69, 9.17) is 11.6 Å². The summed E-state index contributed by atoms with van der Waals surface area (Å²) in [7, 11) is 0. The molecule has 2 unspecified atom stereocenters. The topological polar surface area (TPSA) is 20.3 Å². The lowest BCUT2D eigenvalue weighted by Gasteiger charge is -2.15. The molecule has 1 aliphatic carbocycles. The van der Waals surface area contributed by atoms with Gasteiger partial charge < -0.3 is 4.90 Å². The number of nitrogens with zero attached hydrogens (tertiary/aromatic N) is 1. The first kappa shape index (κ1) is 8.36. The Morgan fingerprint density at radius 3 is 2.42 bits per heavy atom. The molecule has 68 valence electrons. The van der Waals surface area contributed by atoms with Crippen LogP contribution >= 0.6 is 11.6 Å². The van der Waals surface area contributed by atoms with Gasteiger partial charge in [0.2, 0.25) is 5.91 Å². The summed E-state index contributed by atoms with van der Waals surface area (Å²) < 4.78 is 0. The number of hydrogen-bond donors (Lipinski definition) is 0. The minimum atomic E-state index is 0.117. The van der Waals surface area contributed by atoms with Crippen LogP contribution in [0.15, 0.2) is 0 Å². The average molecular weight is 188 g/mol. The van der Waals surface area contributed by atoms with E-state index in [0.717, 1.165) is 24.9 Å². The number of alkyl halides is 1. The number of carbonyl (C=O) groups is 1. The van der Waals surface area contributed by atoms with Crippen LogP contribution < -0.4 is 0 Å². The van der Waals surface area contributed by atoms with Crippen molar-refractivity contribution in [3.8, 4) is 0 Å². The van der Waals surface area contributed by atoms with Crippen molar-refractivity contribution in [3.63, 3.8) is 0 Å². The molecule has 0 spiro atoms. The first-order valence-corrected chi connectivity index (χ1v) is 5.18. The van der Waals surface area contributed by atoms with Crippen molar-refractivity contribution >= 4 is 17.5 Å². The van der Waals surface area contributed by atoms with Gasteiger partial charge in [0.1, 0.15) is 5.88 Å². The molecule has 1 amide bonds. The van der Waals surface area contributed by atoms with Gasteiger partial charge in [0.05, 0.1) is 0 Å². The number of carbonyl (C=O) groups excluding carboxylic acids is 1. The normalized spacial score (nSPS) is 33.9. The monoisotopic (exact) mass is 187 g/mol. The standard InChI is InChI=1S/C9H14ClNO/c10-4-9(12)11-5-7-2-1-3-8(7)6-11/h7-8H,1-6H2. The van der Waals surface area contributed by atoms with Gasteiger partial charge in [-0.25, -0.2) is 0 Å². The molecule has 3 heteroatoms. The highest BCUT2D eigenvalue weighted by Crippen LogP contribution is 2.37. The van der Waals surface area contributed by atoms with Crippen LogP contribution in [0.25, 0.3) is 0 Å². The Morgan fingerprint density at radius 2 is 1.92 bits per heavy atom. The Hall–Kier alpha value is -0.240. The van der Waals surface area contributed by atoms with Gasteiger partial charge in [-0.05, 0) is 24.7 Å². The summed E-state index contributed by atoms with van der Waals surface area (Å²) in [5.74, 6) is 1.85. The van der Waals surface area contributed by atoms with Crippen molar-refractivity contribution in [1.82, 2.24) is 4.90 Å². The van der Waals surface area contributed by atoms with Crippen LogP contribution in [0.4, 0.5) is 0 Å². The lowest BCUT2D eigenvalue weighted by Crippen LogP contribution is -2.30. The summed E-state index contributed by atoms with van der Waals surface area (Å²) in [5.41, 5.74) is 0. The molecule has 2 nitrogen and oxygen atoms in total. The van der Waals surface area contributed by atoms with Crippen molar-refractivity contribution in [2.75, 3.05) is 19.0 Å². The predicted octanol–water partition coefficient (Wildman–Crippen LogP) is 1.48. The average Bonchev–Trinajstić information content (AvgIpc) is 2.60. The molecule has 0 radical (unpaired) electrons. The third-order valence-electron chi connectivity index (χ3n) is 3.19. The van der Waals surface area contributed by atoms with Gasteiger partial charge in [-0.1, -0.05) is 6.42 Å². The van der Waals surface area contributed by atoms with Crippen molar-refractivity contribution in [3.05, 3.63) is 0 Å². The highest BCUT2D eigenvalue weighted by Gasteiger charge is 2.37. The predicted molar refractivity (Wildman–Crippen MR) is 48.1 cm³/mol. The van der Waals surface area contributed by atoms with E-state index in [9.17, 15) is 4.79 Å². The molecule has 0 aromatic heterocycles. The van der Waals surface area contributed by atoms with Crippen LogP contribution in [0.2, 0.25) is 0 Å². The highest BCUT2D eigenvalue weighted by molar-refractivity contribution is 6.27. The van der Waals surface area contributed by atoms with Crippen LogP contribution in [-0.2, 0) is 4.79 Å². The van der Waals surface area contributed by atoms with E-state index in [1.54, 1.807) is 0 Å². The molecular formula is C9H14ClNO. The Labute approximate surface area is 77.9 Å². The number of hydrogen-bond acceptors (Lipinski definition) is 1. The molecule has 1 heterocycles. The first-order valence-electron chi connectivity index (χ1n) is 4.65. The highest BCUT2D eigenvalue weighted by atomic mass is 35.5. The van der Waals surface area contributed by atoms with Gasteiger partial charge in [-0.2, -0.15) is 0 Å². The van der Waals surface area contributed by atoms with E-state index >= 15 is 0 Å². The van der Waals surface area contributed by atoms with E-state index in [0.29, 0.717) is 0 Å². The van der Waals surface area contributed by atoms with Crippen LogP contribution in [0.3, 0.4) is 0 Å². The molecule has 1 aliphatic heterocycles. The third kappa shape index (κ3) is 1.33. The molecule has 0 aromatic rings. The maximum absolute atomic E-state index is 11.2. The SMILES string of the molecule is O=C(CCl)N1CC2CCCC2C1. The van der Waals surface area contributed by atoms with Gasteiger partial charge in [-0.15, -0.1) is 11.6 Å². The zero-order valence-electron chi connectivity index (χ0n) is 7.13. The Bertz CT molecular complexity index is 183. The molecule has 1 saturated heterocycles. The fourth-order valence-electron chi connectivity index (χ4n) is 2.52. The van der Waals surface area contributed by atoms with Crippen molar-refractivity contribution < 1.29 is 4.79 Å². The van der Waals surface area contributed by atoms with Gasteiger partial charge in [0, 0.05) is 13.1 Å². The first-order chi connectivity index (χ1) is 5.81. The van der Waals surface area contributed by atoms with Crippen molar-refractivity contribution in [2.24, 2.45) is 11.8 Å². The fourth-order valence-corrected chi connectivity index (χ4v) is 2.69. The summed E-state index contributed by atoms with van der Waals surface area (Å²) in [6.45, 7) is 1.94. The van der Waals surface area contributed by atoms with Gasteiger partial charge in [-0.3, -0.25) is 4.79 Å². The molecule has 2 rings (SSSR count). The van der Waals surface area contributed by atoms with E-state index in [2.05, 4.69) is 0 Å². The second-order valence-corrected chi connectivity index (χ2v) is 4.15. The minimum absolute atomic E-state index is 0.117. The smallest absolute Gasteiger partial charge is 0.237 e. The summed E-state index contributed by atoms with van der Waals surface area (Å²) in [6, 6.07) is 0. The summed E-state index contributed by atoms with van der Waals surface area (Å²) in [6.07, 6.45) is 3.99. The molecule has 2 fully saturated rings. The second-order valence-electron chi connectivity index (χ2n) is 3.88. The summed E-state index contributed by atoms with van der Waals surface area (Å²) in [5, 5.41) is 0. The Morgan fingerprint density at radius 1 is 1.33 bits per heavy atom. The quantitative estimate of drug-likeness (QED) is 0.570. The van der Waals surface area contributed by atoms with E-state index < -0.39 is 0 Å². The fraction of sp³-hybridized carbons (Fsp3) is 0.889. The molecule has 2 atom stereocenters.